The van der Waals surface area contributed by atoms with Crippen LogP contribution in [-0.2, 0) is 9.53 Å². The van der Waals surface area contributed by atoms with Gasteiger partial charge in [-0.3, -0.25) is 4.79 Å². The molecule has 0 radical (unpaired) electrons. The lowest BCUT2D eigenvalue weighted by Gasteiger charge is -2.11. The molecule has 4 nitrogen and oxygen atoms in total. The van der Waals surface area contributed by atoms with Gasteiger partial charge in [0.05, 0.1) is 12.5 Å². The van der Waals surface area contributed by atoms with Crippen molar-refractivity contribution in [1.29, 1.82) is 0 Å². The van der Waals surface area contributed by atoms with Crippen LogP contribution in [0.15, 0.2) is 0 Å². The Morgan fingerprint density at radius 2 is 2.12 bits per heavy atom. The first kappa shape index (κ1) is 12.1. The predicted octanol–water partition coefficient (Wildman–Crippen LogP) is 0.311. The minimum absolute atomic E-state index is 0. The van der Waals surface area contributed by atoms with E-state index in [0.717, 1.165) is 32.5 Å². The van der Waals surface area contributed by atoms with Gasteiger partial charge in [0.1, 0.15) is 0 Å². The van der Waals surface area contributed by atoms with E-state index >= 15 is 0 Å². The third-order valence-corrected chi connectivity index (χ3v) is 3.86. The van der Waals surface area contributed by atoms with Crippen molar-refractivity contribution >= 4 is 18.3 Å². The van der Waals surface area contributed by atoms with E-state index in [2.05, 4.69) is 10.6 Å². The average molecular weight is 247 g/mol. The Balaban J connectivity index is 0.000000963. The zero-order valence-corrected chi connectivity index (χ0v) is 10.1. The van der Waals surface area contributed by atoms with Crippen molar-refractivity contribution in [2.24, 2.45) is 11.8 Å². The van der Waals surface area contributed by atoms with Crippen molar-refractivity contribution < 1.29 is 9.53 Å². The van der Waals surface area contributed by atoms with Crippen molar-refractivity contribution in [2.75, 3.05) is 19.7 Å². The topological polar surface area (TPSA) is 50.4 Å². The van der Waals surface area contributed by atoms with Crippen molar-refractivity contribution in [3.05, 3.63) is 0 Å². The molecule has 2 saturated heterocycles. The van der Waals surface area contributed by atoms with E-state index in [1.54, 1.807) is 0 Å². The fourth-order valence-electron chi connectivity index (χ4n) is 2.89. The normalized spacial score (nSPS) is 40.0. The second kappa shape index (κ2) is 4.90. The molecule has 5 heteroatoms. The molecule has 3 aliphatic rings. The molecule has 16 heavy (non-hydrogen) atoms. The molecule has 0 aromatic rings. The number of halogens is 1. The molecule has 2 heterocycles. The molecular formula is C11H19ClN2O2. The van der Waals surface area contributed by atoms with E-state index in [-0.39, 0.29) is 24.4 Å². The lowest BCUT2D eigenvalue weighted by atomic mass is 10.2. The third-order valence-electron chi connectivity index (χ3n) is 3.86. The molecule has 3 rings (SSSR count). The van der Waals surface area contributed by atoms with Gasteiger partial charge < -0.3 is 15.4 Å². The number of nitrogens with one attached hydrogen (secondary N) is 2. The van der Waals surface area contributed by atoms with Crippen molar-refractivity contribution in [3.8, 4) is 0 Å². The highest BCUT2D eigenvalue weighted by atomic mass is 35.5. The molecule has 1 aliphatic carbocycles. The standard InChI is InChI=1S/C11H18N2O2.ClH/c14-10(4-7-2-1-3-15-7)13-11-8-5-12-6-9(8)11;/h7-9,11-12H,1-6H2,(H,13,14);1H. The van der Waals surface area contributed by atoms with E-state index in [0.29, 0.717) is 24.3 Å². The Bertz CT molecular complexity index is 259. The maximum Gasteiger partial charge on any atom is 0.222 e. The van der Waals surface area contributed by atoms with Crippen LogP contribution in [0.1, 0.15) is 19.3 Å². The number of hydrogen-bond acceptors (Lipinski definition) is 3. The SMILES string of the molecule is Cl.O=C(CC1CCCO1)NC1C2CNCC21. The molecule has 2 aliphatic heterocycles. The summed E-state index contributed by atoms with van der Waals surface area (Å²) in [5.74, 6) is 1.60. The molecule has 0 aromatic heterocycles. The molecule has 0 bridgehead atoms. The fourth-order valence-corrected chi connectivity index (χ4v) is 2.89. The first-order chi connectivity index (χ1) is 7.34. The maximum atomic E-state index is 11.7. The summed E-state index contributed by atoms with van der Waals surface area (Å²) in [6.07, 6.45) is 2.90. The number of amides is 1. The minimum Gasteiger partial charge on any atom is -0.378 e. The third kappa shape index (κ3) is 2.34. The van der Waals surface area contributed by atoms with Crippen molar-refractivity contribution in [1.82, 2.24) is 10.6 Å². The molecule has 0 aromatic carbocycles. The smallest absolute Gasteiger partial charge is 0.222 e. The quantitative estimate of drug-likeness (QED) is 0.754. The van der Waals surface area contributed by atoms with E-state index in [1.165, 1.54) is 0 Å². The van der Waals surface area contributed by atoms with Crippen LogP contribution in [0.2, 0.25) is 0 Å². The highest BCUT2D eigenvalue weighted by molar-refractivity contribution is 5.85. The highest BCUT2D eigenvalue weighted by Gasteiger charge is 2.53. The Hall–Kier alpha value is -0.320. The second-order valence-electron chi connectivity index (χ2n) is 4.92. The molecule has 0 spiro atoms. The lowest BCUT2D eigenvalue weighted by molar-refractivity contribution is -0.123. The Morgan fingerprint density at radius 1 is 1.38 bits per heavy atom. The Kier molecular flexibility index (Phi) is 3.72. The Labute approximate surface area is 102 Å². The van der Waals surface area contributed by atoms with Crippen molar-refractivity contribution in [3.63, 3.8) is 0 Å². The minimum atomic E-state index is 0. The van der Waals surface area contributed by atoms with Crippen LogP contribution >= 0.6 is 12.4 Å². The fraction of sp³-hybridized carbons (Fsp3) is 0.909. The van der Waals surface area contributed by atoms with Gasteiger partial charge >= 0.3 is 0 Å². The van der Waals surface area contributed by atoms with Crippen molar-refractivity contribution in [2.45, 2.75) is 31.4 Å². The second-order valence-corrected chi connectivity index (χ2v) is 4.92. The molecule has 1 saturated carbocycles. The number of ether oxygens (including phenoxy) is 1. The number of carbonyl (C=O) groups is 1. The largest absolute Gasteiger partial charge is 0.378 e. The van der Waals surface area contributed by atoms with Gasteiger partial charge in [-0.25, -0.2) is 0 Å². The number of fused-ring (bicyclic) bond motifs is 1. The van der Waals surface area contributed by atoms with Gasteiger partial charge in [0, 0.05) is 25.7 Å². The summed E-state index contributed by atoms with van der Waals surface area (Å²) >= 11 is 0. The van der Waals surface area contributed by atoms with Gasteiger partial charge in [-0.05, 0) is 24.7 Å². The lowest BCUT2D eigenvalue weighted by Crippen LogP contribution is -2.34. The maximum absolute atomic E-state index is 11.7. The van der Waals surface area contributed by atoms with Gasteiger partial charge in [-0.1, -0.05) is 0 Å². The number of carbonyl (C=O) groups excluding carboxylic acids is 1. The van der Waals surface area contributed by atoms with Gasteiger partial charge in [0.25, 0.3) is 0 Å². The van der Waals surface area contributed by atoms with Gasteiger partial charge in [0.2, 0.25) is 5.91 Å². The zero-order chi connectivity index (χ0) is 10.3. The molecule has 2 N–H and O–H groups in total. The summed E-state index contributed by atoms with van der Waals surface area (Å²) in [5.41, 5.74) is 0. The van der Waals surface area contributed by atoms with Gasteiger partial charge in [-0.15, -0.1) is 12.4 Å². The van der Waals surface area contributed by atoms with Crippen LogP contribution < -0.4 is 10.6 Å². The first-order valence-electron chi connectivity index (χ1n) is 5.96. The predicted molar refractivity (Wildman–Crippen MR) is 62.6 cm³/mol. The number of rotatable bonds is 3. The number of piperidine rings is 1. The summed E-state index contributed by atoms with van der Waals surface area (Å²) in [4.78, 5) is 11.7. The van der Waals surface area contributed by atoms with E-state index < -0.39 is 0 Å². The van der Waals surface area contributed by atoms with Gasteiger partial charge in [-0.2, -0.15) is 0 Å². The summed E-state index contributed by atoms with van der Waals surface area (Å²) in [6.45, 7) is 2.99. The summed E-state index contributed by atoms with van der Waals surface area (Å²) in [7, 11) is 0. The molecule has 1 amide bonds. The van der Waals surface area contributed by atoms with Crippen LogP contribution in [0.25, 0.3) is 0 Å². The van der Waals surface area contributed by atoms with Gasteiger partial charge in [0.15, 0.2) is 0 Å². The monoisotopic (exact) mass is 246 g/mol. The molecule has 3 atom stereocenters. The highest BCUT2D eigenvalue weighted by Crippen LogP contribution is 2.41. The average Bonchev–Trinajstić information content (AvgIpc) is 2.65. The number of hydrogen-bond donors (Lipinski definition) is 2. The summed E-state index contributed by atoms with van der Waals surface area (Å²) in [5, 5.41) is 6.45. The van der Waals surface area contributed by atoms with E-state index in [4.69, 9.17) is 4.74 Å². The van der Waals surface area contributed by atoms with Crippen LogP contribution in [-0.4, -0.2) is 37.7 Å². The first-order valence-corrected chi connectivity index (χ1v) is 5.96. The summed E-state index contributed by atoms with van der Waals surface area (Å²) < 4.78 is 5.45. The van der Waals surface area contributed by atoms with Crippen LogP contribution in [0.5, 0.6) is 0 Å². The van der Waals surface area contributed by atoms with Crippen LogP contribution in [0.3, 0.4) is 0 Å². The van der Waals surface area contributed by atoms with Crippen LogP contribution in [0, 0.1) is 11.8 Å². The van der Waals surface area contributed by atoms with Crippen LogP contribution in [0.4, 0.5) is 0 Å². The molecular weight excluding hydrogens is 228 g/mol. The zero-order valence-electron chi connectivity index (χ0n) is 9.28. The molecule has 3 fully saturated rings. The Morgan fingerprint density at radius 3 is 2.75 bits per heavy atom. The summed E-state index contributed by atoms with van der Waals surface area (Å²) in [6, 6.07) is 0.458. The van der Waals surface area contributed by atoms with E-state index in [9.17, 15) is 4.79 Å². The molecule has 3 unspecified atom stereocenters. The molecule has 92 valence electrons. The van der Waals surface area contributed by atoms with E-state index in [1.807, 2.05) is 0 Å².